The van der Waals surface area contributed by atoms with E-state index >= 15 is 0 Å². The van der Waals surface area contributed by atoms with Gasteiger partial charge in [0.15, 0.2) is 0 Å². The van der Waals surface area contributed by atoms with Crippen LogP contribution in [0.25, 0.3) is 0 Å². The second-order valence-electron chi connectivity index (χ2n) is 11.3. The van der Waals surface area contributed by atoms with Crippen molar-refractivity contribution in [2.75, 3.05) is 19.6 Å². The predicted molar refractivity (Wildman–Crippen MR) is 131 cm³/mol. The number of Topliss-reactive ketones (excluding diaryl/α,β-unsaturated/α-hetero) is 2. The Morgan fingerprint density at radius 1 is 0.750 bits per heavy atom. The Morgan fingerprint density at radius 2 is 1.16 bits per heavy atom. The van der Waals surface area contributed by atoms with Crippen molar-refractivity contribution in [1.29, 1.82) is 0 Å². The van der Waals surface area contributed by atoms with Crippen LogP contribution >= 0.6 is 0 Å². The second-order valence-corrected chi connectivity index (χ2v) is 11.3. The second kappa shape index (κ2) is 15.1. The molecular weight excluding hydrogens is 406 g/mol. The van der Waals surface area contributed by atoms with Gasteiger partial charge in [0.25, 0.3) is 0 Å². The third-order valence-corrected chi connectivity index (χ3v) is 4.94. The SMILES string of the molecule is CC(C)C(=O)CCNC(=O)CC(C)(C)C.CC(C)C(=O)CCNC(=O)[C@H](CN)C(C)(C)C. The van der Waals surface area contributed by atoms with Crippen LogP contribution in [-0.4, -0.2) is 43.0 Å². The van der Waals surface area contributed by atoms with Gasteiger partial charge in [0.2, 0.25) is 11.8 Å². The standard InChI is InChI=1S/C13H26N2O2.C12H23NO2/c1-9(2)11(16)6-7-15-12(17)10(8-14)13(3,4)5;1-9(2)10(14)6-7-13-11(15)8-12(3,4)5/h9-10H,6-8,14H2,1-5H3,(H,15,17);9H,6-8H2,1-5H3,(H,13,15)/t10-;/m0./s1. The smallest absolute Gasteiger partial charge is 0.224 e. The summed E-state index contributed by atoms with van der Waals surface area (Å²) in [7, 11) is 0. The molecule has 188 valence electrons. The molecule has 1 atom stereocenters. The topological polar surface area (TPSA) is 118 Å². The molecule has 0 rings (SSSR count). The summed E-state index contributed by atoms with van der Waals surface area (Å²) in [6.45, 7) is 20.7. The van der Waals surface area contributed by atoms with Crippen molar-refractivity contribution in [1.82, 2.24) is 10.6 Å². The maximum atomic E-state index is 11.9. The molecule has 2 amide bonds. The number of ketones is 2. The molecule has 0 aromatic rings. The molecule has 4 N–H and O–H groups in total. The van der Waals surface area contributed by atoms with E-state index in [-0.39, 0.29) is 52.0 Å². The van der Waals surface area contributed by atoms with Gasteiger partial charge in [-0.1, -0.05) is 69.2 Å². The first-order valence-corrected chi connectivity index (χ1v) is 11.7. The van der Waals surface area contributed by atoms with E-state index in [9.17, 15) is 19.2 Å². The fourth-order valence-corrected chi connectivity index (χ4v) is 2.73. The van der Waals surface area contributed by atoms with Crippen molar-refractivity contribution in [3.05, 3.63) is 0 Å². The molecule has 0 aliphatic heterocycles. The zero-order valence-corrected chi connectivity index (χ0v) is 22.2. The molecule has 0 bridgehead atoms. The van der Waals surface area contributed by atoms with Gasteiger partial charge in [0, 0.05) is 50.7 Å². The van der Waals surface area contributed by atoms with Crippen molar-refractivity contribution in [2.24, 2.45) is 34.3 Å². The van der Waals surface area contributed by atoms with Gasteiger partial charge in [0.05, 0.1) is 5.92 Å². The average Bonchev–Trinajstić information content (AvgIpc) is 2.59. The molecule has 7 nitrogen and oxygen atoms in total. The summed E-state index contributed by atoms with van der Waals surface area (Å²) in [5, 5.41) is 5.55. The normalized spacial score (nSPS) is 12.7. The van der Waals surface area contributed by atoms with Crippen molar-refractivity contribution in [2.45, 2.75) is 88.5 Å². The first-order valence-electron chi connectivity index (χ1n) is 11.7. The zero-order chi connectivity index (χ0) is 25.7. The summed E-state index contributed by atoms with van der Waals surface area (Å²) in [4.78, 5) is 45.9. The van der Waals surface area contributed by atoms with Crippen LogP contribution in [0.1, 0.15) is 88.5 Å². The van der Waals surface area contributed by atoms with Crippen LogP contribution in [0.3, 0.4) is 0 Å². The van der Waals surface area contributed by atoms with E-state index in [1.54, 1.807) is 0 Å². The minimum Gasteiger partial charge on any atom is -0.356 e. The monoisotopic (exact) mass is 455 g/mol. The van der Waals surface area contributed by atoms with E-state index in [1.807, 2.05) is 69.2 Å². The summed E-state index contributed by atoms with van der Waals surface area (Å²) in [5.74, 6) is 0.216. The Morgan fingerprint density at radius 3 is 1.47 bits per heavy atom. The first kappa shape index (κ1) is 32.4. The van der Waals surface area contributed by atoms with Gasteiger partial charge in [-0.3, -0.25) is 19.2 Å². The van der Waals surface area contributed by atoms with Crippen LogP contribution in [0.15, 0.2) is 0 Å². The Hall–Kier alpha value is -1.76. The van der Waals surface area contributed by atoms with Crippen molar-refractivity contribution in [3.63, 3.8) is 0 Å². The minimum absolute atomic E-state index is 0.00609. The highest BCUT2D eigenvalue weighted by Crippen LogP contribution is 2.24. The van der Waals surface area contributed by atoms with Crippen LogP contribution < -0.4 is 16.4 Å². The van der Waals surface area contributed by atoms with Crippen LogP contribution in [-0.2, 0) is 19.2 Å². The number of hydrogen-bond acceptors (Lipinski definition) is 5. The Balaban J connectivity index is 0. The minimum atomic E-state index is -0.211. The van der Waals surface area contributed by atoms with Gasteiger partial charge >= 0.3 is 0 Å². The molecule has 0 saturated heterocycles. The van der Waals surface area contributed by atoms with E-state index in [2.05, 4.69) is 10.6 Å². The third-order valence-electron chi connectivity index (χ3n) is 4.94. The van der Waals surface area contributed by atoms with E-state index in [0.29, 0.717) is 38.9 Å². The van der Waals surface area contributed by atoms with Gasteiger partial charge in [0.1, 0.15) is 11.6 Å². The Labute approximate surface area is 196 Å². The quantitative estimate of drug-likeness (QED) is 0.441. The number of amides is 2. The number of nitrogens with one attached hydrogen (secondary N) is 2. The predicted octanol–water partition coefficient (Wildman–Crippen LogP) is 3.49. The molecule has 0 saturated carbocycles. The van der Waals surface area contributed by atoms with Crippen LogP contribution in [0, 0.1) is 28.6 Å². The number of carbonyl (C=O) groups excluding carboxylic acids is 4. The highest BCUT2D eigenvalue weighted by atomic mass is 16.2. The van der Waals surface area contributed by atoms with Crippen molar-refractivity contribution < 1.29 is 19.2 Å². The van der Waals surface area contributed by atoms with Gasteiger partial charge in [-0.15, -0.1) is 0 Å². The van der Waals surface area contributed by atoms with Gasteiger partial charge < -0.3 is 16.4 Å². The van der Waals surface area contributed by atoms with Gasteiger partial charge in [-0.2, -0.15) is 0 Å². The summed E-state index contributed by atoms with van der Waals surface area (Å²) >= 11 is 0. The summed E-state index contributed by atoms with van der Waals surface area (Å²) in [6, 6.07) is 0. The molecule has 0 spiro atoms. The molecule has 0 radical (unpaired) electrons. The Kier molecular flexibility index (Phi) is 15.3. The number of carbonyl (C=O) groups is 4. The molecule has 0 aromatic heterocycles. The van der Waals surface area contributed by atoms with Crippen LogP contribution in [0.4, 0.5) is 0 Å². The van der Waals surface area contributed by atoms with E-state index in [1.165, 1.54) is 0 Å². The largest absolute Gasteiger partial charge is 0.356 e. The lowest BCUT2D eigenvalue weighted by Crippen LogP contribution is -2.42. The summed E-state index contributed by atoms with van der Waals surface area (Å²) in [5.41, 5.74) is 5.47. The molecule has 0 unspecified atom stereocenters. The zero-order valence-electron chi connectivity index (χ0n) is 22.2. The molecule has 0 fully saturated rings. The maximum Gasteiger partial charge on any atom is 0.224 e. The summed E-state index contributed by atoms with van der Waals surface area (Å²) < 4.78 is 0. The molecule has 0 aromatic carbocycles. The number of hydrogen-bond donors (Lipinski definition) is 3. The molecule has 0 heterocycles. The van der Waals surface area contributed by atoms with Crippen molar-refractivity contribution in [3.8, 4) is 0 Å². The van der Waals surface area contributed by atoms with E-state index < -0.39 is 0 Å². The van der Waals surface area contributed by atoms with Gasteiger partial charge in [-0.25, -0.2) is 0 Å². The maximum absolute atomic E-state index is 11.9. The molecule has 0 aliphatic rings. The fourth-order valence-electron chi connectivity index (χ4n) is 2.73. The van der Waals surface area contributed by atoms with E-state index in [0.717, 1.165) is 0 Å². The van der Waals surface area contributed by atoms with Crippen LogP contribution in [0.5, 0.6) is 0 Å². The third kappa shape index (κ3) is 16.9. The molecule has 7 heteroatoms. The lowest BCUT2D eigenvalue weighted by Gasteiger charge is -2.28. The molecular formula is C25H49N3O4. The Bertz CT molecular complexity index is 599. The highest BCUT2D eigenvalue weighted by Gasteiger charge is 2.29. The molecule has 0 aliphatic carbocycles. The number of rotatable bonds is 11. The lowest BCUT2D eigenvalue weighted by atomic mass is 9.80. The fraction of sp³-hybridized carbons (Fsp3) is 0.840. The van der Waals surface area contributed by atoms with Crippen LogP contribution in [0.2, 0.25) is 0 Å². The van der Waals surface area contributed by atoms with Crippen molar-refractivity contribution >= 4 is 23.4 Å². The first-order chi connectivity index (χ1) is 14.4. The van der Waals surface area contributed by atoms with E-state index in [4.69, 9.17) is 5.73 Å². The lowest BCUT2D eigenvalue weighted by molar-refractivity contribution is -0.128. The average molecular weight is 456 g/mol. The summed E-state index contributed by atoms with van der Waals surface area (Å²) in [6.07, 6.45) is 1.33. The highest BCUT2D eigenvalue weighted by molar-refractivity contribution is 5.83. The van der Waals surface area contributed by atoms with Gasteiger partial charge in [-0.05, 0) is 10.8 Å². The molecule has 32 heavy (non-hydrogen) atoms. The number of nitrogens with two attached hydrogens (primary N) is 1.